The van der Waals surface area contributed by atoms with Crippen molar-refractivity contribution in [3.05, 3.63) is 35.9 Å². The summed E-state index contributed by atoms with van der Waals surface area (Å²) in [5.41, 5.74) is 1.26. The van der Waals surface area contributed by atoms with Crippen molar-refractivity contribution < 1.29 is 4.79 Å². The molecule has 0 N–H and O–H groups in total. The van der Waals surface area contributed by atoms with Crippen LogP contribution in [0.2, 0.25) is 0 Å². The van der Waals surface area contributed by atoms with E-state index in [-0.39, 0.29) is 5.92 Å². The van der Waals surface area contributed by atoms with Gasteiger partial charge in [-0.25, -0.2) is 0 Å². The van der Waals surface area contributed by atoms with Crippen LogP contribution in [-0.2, 0) is 11.2 Å². The fraction of sp³-hybridized carbons (Fsp3) is 0.500. The number of ketones is 1. The molecule has 1 aromatic rings. The van der Waals surface area contributed by atoms with E-state index in [1.54, 1.807) is 0 Å². The first-order valence-electron chi connectivity index (χ1n) is 5.71. The lowest BCUT2D eigenvalue weighted by molar-refractivity contribution is -0.123. The molecule has 0 fully saturated rings. The summed E-state index contributed by atoms with van der Waals surface area (Å²) in [6, 6.07) is 10.3. The maximum atomic E-state index is 11.8. The third kappa shape index (κ3) is 3.50. The van der Waals surface area contributed by atoms with Gasteiger partial charge in [-0.2, -0.15) is 0 Å². The highest BCUT2D eigenvalue weighted by atomic mass is 16.1. The largest absolute Gasteiger partial charge is 0.299 e. The topological polar surface area (TPSA) is 17.1 Å². The summed E-state index contributed by atoms with van der Waals surface area (Å²) in [6.07, 6.45) is 1.53. The van der Waals surface area contributed by atoms with Gasteiger partial charge in [-0.1, -0.05) is 51.1 Å². The third-order valence-electron chi connectivity index (χ3n) is 2.87. The first kappa shape index (κ1) is 12.0. The van der Waals surface area contributed by atoms with Crippen molar-refractivity contribution in [2.45, 2.75) is 33.6 Å². The van der Waals surface area contributed by atoms with E-state index in [0.717, 1.165) is 6.42 Å². The number of hydrogen-bond acceptors (Lipinski definition) is 1. The lowest BCUT2D eigenvalue weighted by Gasteiger charge is -2.18. The Morgan fingerprint density at radius 2 is 1.80 bits per heavy atom. The van der Waals surface area contributed by atoms with E-state index in [0.29, 0.717) is 18.1 Å². The molecule has 0 aliphatic heterocycles. The van der Waals surface area contributed by atoms with Crippen LogP contribution in [0, 0.1) is 11.8 Å². The van der Waals surface area contributed by atoms with Crippen LogP contribution < -0.4 is 0 Å². The first-order chi connectivity index (χ1) is 7.15. The maximum Gasteiger partial charge on any atom is 0.136 e. The second kappa shape index (κ2) is 5.69. The molecule has 0 heterocycles. The highest BCUT2D eigenvalue weighted by Crippen LogP contribution is 2.19. The Labute approximate surface area is 92.5 Å². The van der Waals surface area contributed by atoms with Gasteiger partial charge in [0.25, 0.3) is 0 Å². The van der Waals surface area contributed by atoms with Gasteiger partial charge in [-0.15, -0.1) is 0 Å². The summed E-state index contributed by atoms with van der Waals surface area (Å²) in [4.78, 5) is 11.8. The molecule has 0 aliphatic rings. The van der Waals surface area contributed by atoms with Crippen molar-refractivity contribution in [1.29, 1.82) is 0 Å². The molecule has 0 aromatic heterocycles. The van der Waals surface area contributed by atoms with Crippen LogP contribution in [0.5, 0.6) is 0 Å². The van der Waals surface area contributed by atoms with Crippen molar-refractivity contribution in [3.63, 3.8) is 0 Å². The van der Waals surface area contributed by atoms with Crippen LogP contribution in [0.15, 0.2) is 30.3 Å². The Hall–Kier alpha value is -1.11. The number of rotatable bonds is 5. The van der Waals surface area contributed by atoms with Gasteiger partial charge in [-0.3, -0.25) is 4.79 Å². The fourth-order valence-corrected chi connectivity index (χ4v) is 1.85. The number of carbonyl (C=O) groups excluding carboxylic acids is 1. The average Bonchev–Trinajstić information content (AvgIpc) is 2.26. The highest BCUT2D eigenvalue weighted by molar-refractivity contribution is 5.81. The predicted molar refractivity (Wildman–Crippen MR) is 63.8 cm³/mol. The van der Waals surface area contributed by atoms with Gasteiger partial charge in [0.1, 0.15) is 5.78 Å². The van der Waals surface area contributed by atoms with Crippen molar-refractivity contribution in [3.8, 4) is 0 Å². The van der Waals surface area contributed by atoms with Crippen LogP contribution in [-0.4, -0.2) is 5.78 Å². The standard InChI is InChI=1S/C14H20O/c1-4-14(15)13(11(2)3)10-12-8-6-5-7-9-12/h5-9,11,13H,4,10H2,1-3H3/t13-/m1/s1. The molecule has 0 amide bonds. The van der Waals surface area contributed by atoms with Crippen molar-refractivity contribution >= 4 is 5.78 Å². The molecular weight excluding hydrogens is 184 g/mol. The van der Waals surface area contributed by atoms with Gasteiger partial charge in [0.05, 0.1) is 0 Å². The molecule has 0 spiro atoms. The minimum absolute atomic E-state index is 0.178. The van der Waals surface area contributed by atoms with Crippen LogP contribution in [0.1, 0.15) is 32.8 Å². The van der Waals surface area contributed by atoms with Crippen molar-refractivity contribution in [2.75, 3.05) is 0 Å². The Morgan fingerprint density at radius 1 is 1.20 bits per heavy atom. The summed E-state index contributed by atoms with van der Waals surface area (Å²) in [5, 5.41) is 0. The third-order valence-corrected chi connectivity index (χ3v) is 2.87. The number of hydrogen-bond donors (Lipinski definition) is 0. The molecule has 82 valence electrons. The highest BCUT2D eigenvalue weighted by Gasteiger charge is 2.20. The monoisotopic (exact) mass is 204 g/mol. The van der Waals surface area contributed by atoms with Gasteiger partial charge in [0.15, 0.2) is 0 Å². The van der Waals surface area contributed by atoms with Crippen LogP contribution in [0.25, 0.3) is 0 Å². The summed E-state index contributed by atoms with van der Waals surface area (Å²) < 4.78 is 0. The number of benzene rings is 1. The quantitative estimate of drug-likeness (QED) is 0.717. The lowest BCUT2D eigenvalue weighted by Crippen LogP contribution is -2.21. The summed E-state index contributed by atoms with van der Waals surface area (Å²) in [5.74, 6) is 0.990. The van der Waals surface area contributed by atoms with E-state index in [4.69, 9.17) is 0 Å². The molecule has 1 nitrogen and oxygen atoms in total. The van der Waals surface area contributed by atoms with E-state index in [2.05, 4.69) is 26.0 Å². The normalized spacial score (nSPS) is 12.8. The lowest BCUT2D eigenvalue weighted by atomic mass is 9.85. The van der Waals surface area contributed by atoms with E-state index < -0.39 is 0 Å². The Balaban J connectivity index is 2.72. The minimum atomic E-state index is 0.178. The SMILES string of the molecule is CCC(=O)[C@H](Cc1ccccc1)C(C)C. The minimum Gasteiger partial charge on any atom is -0.299 e. The first-order valence-corrected chi connectivity index (χ1v) is 5.71. The van der Waals surface area contributed by atoms with E-state index in [9.17, 15) is 4.79 Å². The van der Waals surface area contributed by atoms with Crippen molar-refractivity contribution in [1.82, 2.24) is 0 Å². The zero-order valence-corrected chi connectivity index (χ0v) is 9.86. The van der Waals surface area contributed by atoms with Gasteiger partial charge >= 0.3 is 0 Å². The molecule has 1 atom stereocenters. The second-order valence-electron chi connectivity index (χ2n) is 4.36. The van der Waals surface area contributed by atoms with Crippen LogP contribution in [0.3, 0.4) is 0 Å². The molecular formula is C14H20O. The fourth-order valence-electron chi connectivity index (χ4n) is 1.85. The molecule has 0 aliphatic carbocycles. The summed E-state index contributed by atoms with van der Waals surface area (Å²) in [6.45, 7) is 6.20. The van der Waals surface area contributed by atoms with Gasteiger partial charge in [-0.05, 0) is 17.9 Å². The molecule has 0 bridgehead atoms. The Bertz CT molecular complexity index is 300. The van der Waals surface area contributed by atoms with E-state index >= 15 is 0 Å². The number of Topliss-reactive ketones (excluding diaryl/α,β-unsaturated/α-hetero) is 1. The van der Waals surface area contributed by atoms with Crippen molar-refractivity contribution in [2.24, 2.45) is 11.8 Å². The average molecular weight is 204 g/mol. The summed E-state index contributed by atoms with van der Waals surface area (Å²) in [7, 11) is 0. The van der Waals surface area contributed by atoms with Gasteiger partial charge in [0, 0.05) is 12.3 Å². The predicted octanol–water partition coefficient (Wildman–Crippen LogP) is 3.48. The molecule has 1 heteroatoms. The molecule has 0 saturated carbocycles. The van der Waals surface area contributed by atoms with Crippen LogP contribution in [0.4, 0.5) is 0 Å². The maximum absolute atomic E-state index is 11.8. The Kier molecular flexibility index (Phi) is 4.54. The Morgan fingerprint density at radius 3 is 2.27 bits per heavy atom. The number of carbonyl (C=O) groups is 1. The summed E-state index contributed by atoms with van der Waals surface area (Å²) >= 11 is 0. The molecule has 0 unspecified atom stereocenters. The second-order valence-corrected chi connectivity index (χ2v) is 4.36. The molecule has 1 rings (SSSR count). The van der Waals surface area contributed by atoms with Gasteiger partial charge in [0.2, 0.25) is 0 Å². The van der Waals surface area contributed by atoms with Gasteiger partial charge < -0.3 is 0 Å². The van der Waals surface area contributed by atoms with E-state index in [1.165, 1.54) is 5.56 Å². The molecule has 0 saturated heterocycles. The molecule has 0 radical (unpaired) electrons. The molecule has 1 aromatic carbocycles. The zero-order chi connectivity index (χ0) is 11.3. The smallest absolute Gasteiger partial charge is 0.136 e. The zero-order valence-electron chi connectivity index (χ0n) is 9.86. The van der Waals surface area contributed by atoms with E-state index in [1.807, 2.05) is 25.1 Å². The van der Waals surface area contributed by atoms with Crippen LogP contribution >= 0.6 is 0 Å². The molecule has 15 heavy (non-hydrogen) atoms.